The standard InChI is InChI=1S/C17H14Cl2N4OS/c1-23-10-11(8-21-23)2-5-16(24)22-17-20-9-14(25-17)7-12-6-13(18)3-4-15(12)19/h2-6,8-10H,7H2,1H3,(H,20,22,24)/b5-2+. The molecule has 0 spiro atoms. The number of benzene rings is 1. The SMILES string of the molecule is Cn1cc(/C=C/C(=O)Nc2ncc(Cc3cc(Cl)ccc3Cl)s2)cn1. The monoisotopic (exact) mass is 392 g/mol. The molecular weight excluding hydrogens is 379 g/mol. The summed E-state index contributed by atoms with van der Waals surface area (Å²) >= 11 is 13.6. The van der Waals surface area contributed by atoms with E-state index in [1.165, 1.54) is 17.4 Å². The zero-order valence-electron chi connectivity index (χ0n) is 13.2. The maximum atomic E-state index is 12.0. The highest BCUT2D eigenvalue weighted by Gasteiger charge is 2.08. The van der Waals surface area contributed by atoms with Crippen molar-refractivity contribution in [2.75, 3.05) is 5.32 Å². The number of halogens is 2. The van der Waals surface area contributed by atoms with Crippen LogP contribution in [0.3, 0.4) is 0 Å². The molecule has 3 aromatic rings. The lowest BCUT2D eigenvalue weighted by molar-refractivity contribution is -0.111. The molecule has 0 saturated heterocycles. The first kappa shape index (κ1) is 17.7. The summed E-state index contributed by atoms with van der Waals surface area (Å²) in [6, 6.07) is 5.35. The Bertz CT molecular complexity index is 932. The van der Waals surface area contributed by atoms with Crippen molar-refractivity contribution in [2.45, 2.75) is 6.42 Å². The summed E-state index contributed by atoms with van der Waals surface area (Å²) in [6.07, 6.45) is 8.98. The van der Waals surface area contributed by atoms with Gasteiger partial charge in [-0.25, -0.2) is 4.98 Å². The van der Waals surface area contributed by atoms with Gasteiger partial charge in [-0.15, -0.1) is 11.3 Å². The number of anilines is 1. The smallest absolute Gasteiger partial charge is 0.250 e. The first-order valence-corrected chi connectivity index (χ1v) is 8.93. The number of thiazole rings is 1. The first-order chi connectivity index (χ1) is 12.0. The predicted octanol–water partition coefficient (Wildman–Crippen LogP) is 4.43. The van der Waals surface area contributed by atoms with Gasteiger partial charge in [-0.05, 0) is 29.8 Å². The van der Waals surface area contributed by atoms with Gasteiger partial charge in [0.1, 0.15) is 0 Å². The Labute approximate surface area is 158 Å². The number of hydrogen-bond donors (Lipinski definition) is 1. The maximum absolute atomic E-state index is 12.0. The third-order valence-corrected chi connectivity index (χ3v) is 4.82. The van der Waals surface area contributed by atoms with Gasteiger partial charge in [0.15, 0.2) is 5.13 Å². The Balaban J connectivity index is 1.62. The molecule has 2 heterocycles. The van der Waals surface area contributed by atoms with Crippen molar-refractivity contribution >= 4 is 51.7 Å². The molecule has 5 nitrogen and oxygen atoms in total. The predicted molar refractivity (Wildman–Crippen MR) is 102 cm³/mol. The number of hydrogen-bond acceptors (Lipinski definition) is 4. The fraction of sp³-hybridized carbons (Fsp3) is 0.118. The molecule has 0 aliphatic heterocycles. The fourth-order valence-electron chi connectivity index (χ4n) is 2.16. The summed E-state index contributed by atoms with van der Waals surface area (Å²) in [5, 5.41) is 8.61. The topological polar surface area (TPSA) is 59.8 Å². The number of aryl methyl sites for hydroxylation is 1. The molecule has 2 aromatic heterocycles. The summed E-state index contributed by atoms with van der Waals surface area (Å²) < 4.78 is 1.67. The number of rotatable bonds is 5. The van der Waals surface area contributed by atoms with Crippen molar-refractivity contribution in [1.29, 1.82) is 0 Å². The molecule has 0 aliphatic carbocycles. The second kappa shape index (κ2) is 7.82. The van der Waals surface area contributed by atoms with Crippen LogP contribution in [0.4, 0.5) is 5.13 Å². The lowest BCUT2D eigenvalue weighted by atomic mass is 10.1. The van der Waals surface area contributed by atoms with Crippen LogP contribution in [0.5, 0.6) is 0 Å². The minimum Gasteiger partial charge on any atom is -0.298 e. The fourth-order valence-corrected chi connectivity index (χ4v) is 3.38. The van der Waals surface area contributed by atoms with Gasteiger partial charge in [-0.3, -0.25) is 14.8 Å². The zero-order valence-corrected chi connectivity index (χ0v) is 15.6. The van der Waals surface area contributed by atoms with Crippen molar-refractivity contribution in [3.8, 4) is 0 Å². The van der Waals surface area contributed by atoms with Crippen LogP contribution in [0.2, 0.25) is 10.0 Å². The van der Waals surface area contributed by atoms with Gasteiger partial charge < -0.3 is 0 Å². The number of aromatic nitrogens is 3. The molecule has 25 heavy (non-hydrogen) atoms. The summed E-state index contributed by atoms with van der Waals surface area (Å²) in [7, 11) is 1.82. The van der Waals surface area contributed by atoms with E-state index in [1.807, 2.05) is 19.3 Å². The van der Waals surface area contributed by atoms with Crippen LogP contribution >= 0.6 is 34.5 Å². The molecule has 1 N–H and O–H groups in total. The summed E-state index contributed by atoms with van der Waals surface area (Å²) in [5.74, 6) is -0.245. The van der Waals surface area contributed by atoms with Gasteiger partial charge in [0.2, 0.25) is 5.91 Å². The van der Waals surface area contributed by atoms with Gasteiger partial charge in [-0.1, -0.05) is 23.2 Å². The Morgan fingerprint density at radius 1 is 1.36 bits per heavy atom. The summed E-state index contributed by atoms with van der Waals surface area (Å²) in [4.78, 5) is 17.2. The van der Waals surface area contributed by atoms with Crippen LogP contribution in [-0.2, 0) is 18.3 Å². The third kappa shape index (κ3) is 4.92. The van der Waals surface area contributed by atoms with Crippen LogP contribution in [0, 0.1) is 0 Å². The average molecular weight is 393 g/mol. The molecule has 0 bridgehead atoms. The van der Waals surface area contributed by atoms with Gasteiger partial charge in [0.25, 0.3) is 0 Å². The summed E-state index contributed by atoms with van der Waals surface area (Å²) in [5.41, 5.74) is 1.78. The molecule has 0 unspecified atom stereocenters. The Hall–Kier alpha value is -2.15. The third-order valence-electron chi connectivity index (χ3n) is 3.31. The molecule has 8 heteroatoms. The van der Waals surface area contributed by atoms with E-state index in [2.05, 4.69) is 15.4 Å². The number of nitrogens with one attached hydrogen (secondary N) is 1. The van der Waals surface area contributed by atoms with E-state index >= 15 is 0 Å². The van der Waals surface area contributed by atoms with Crippen molar-refractivity contribution in [1.82, 2.24) is 14.8 Å². The Morgan fingerprint density at radius 2 is 2.20 bits per heavy atom. The van der Waals surface area contributed by atoms with E-state index in [-0.39, 0.29) is 5.91 Å². The van der Waals surface area contributed by atoms with Gasteiger partial charge in [-0.2, -0.15) is 5.10 Å². The molecule has 0 fully saturated rings. The summed E-state index contributed by atoms with van der Waals surface area (Å²) in [6.45, 7) is 0. The van der Waals surface area contributed by atoms with E-state index < -0.39 is 0 Å². The number of carbonyl (C=O) groups is 1. The van der Waals surface area contributed by atoms with Crippen LogP contribution in [0.25, 0.3) is 6.08 Å². The maximum Gasteiger partial charge on any atom is 0.250 e. The van der Waals surface area contributed by atoms with Crippen LogP contribution < -0.4 is 5.32 Å². The van der Waals surface area contributed by atoms with Gasteiger partial charge >= 0.3 is 0 Å². The van der Waals surface area contributed by atoms with Crippen molar-refractivity contribution in [2.24, 2.45) is 7.05 Å². The highest BCUT2D eigenvalue weighted by Crippen LogP contribution is 2.26. The van der Waals surface area contributed by atoms with E-state index in [0.717, 1.165) is 16.0 Å². The largest absolute Gasteiger partial charge is 0.298 e. The molecular formula is C17H14Cl2N4OS. The molecule has 1 amide bonds. The molecule has 1 aromatic carbocycles. The van der Waals surface area contributed by atoms with Crippen LogP contribution in [0.15, 0.2) is 42.9 Å². The molecule has 0 atom stereocenters. The molecule has 128 valence electrons. The molecule has 0 saturated carbocycles. The second-order valence-electron chi connectivity index (χ2n) is 5.31. The van der Waals surface area contributed by atoms with Crippen LogP contribution in [-0.4, -0.2) is 20.7 Å². The minimum absolute atomic E-state index is 0.245. The first-order valence-electron chi connectivity index (χ1n) is 7.36. The van der Waals surface area contributed by atoms with E-state index in [1.54, 1.807) is 35.3 Å². The zero-order chi connectivity index (χ0) is 17.8. The molecule has 0 aliphatic rings. The van der Waals surface area contributed by atoms with E-state index in [0.29, 0.717) is 21.6 Å². The number of amides is 1. The number of carbonyl (C=O) groups excluding carboxylic acids is 1. The van der Waals surface area contributed by atoms with Crippen molar-refractivity contribution in [3.05, 3.63) is 68.9 Å². The Morgan fingerprint density at radius 3 is 2.96 bits per heavy atom. The number of nitrogens with zero attached hydrogens (tertiary/aromatic N) is 3. The molecule has 3 rings (SSSR count). The highest BCUT2D eigenvalue weighted by molar-refractivity contribution is 7.15. The van der Waals surface area contributed by atoms with Crippen molar-refractivity contribution < 1.29 is 4.79 Å². The second-order valence-corrected chi connectivity index (χ2v) is 7.27. The van der Waals surface area contributed by atoms with Crippen LogP contribution in [0.1, 0.15) is 16.0 Å². The van der Waals surface area contributed by atoms with E-state index in [9.17, 15) is 4.79 Å². The van der Waals surface area contributed by atoms with Crippen molar-refractivity contribution in [3.63, 3.8) is 0 Å². The van der Waals surface area contributed by atoms with E-state index in [4.69, 9.17) is 23.2 Å². The normalized spacial score (nSPS) is 11.2. The molecule has 0 radical (unpaired) electrons. The van der Waals surface area contributed by atoms with Gasteiger partial charge in [0.05, 0.1) is 6.20 Å². The minimum atomic E-state index is -0.245. The lowest BCUT2D eigenvalue weighted by Gasteiger charge is -2.02. The average Bonchev–Trinajstić information content (AvgIpc) is 3.18. The quantitative estimate of drug-likeness (QED) is 0.653. The highest BCUT2D eigenvalue weighted by atomic mass is 35.5. The lowest BCUT2D eigenvalue weighted by Crippen LogP contribution is -2.06. The Kier molecular flexibility index (Phi) is 5.53. The van der Waals surface area contributed by atoms with Gasteiger partial charge in [0, 0.05) is 52.4 Å².